The average molecular weight is 632 g/mol. The second-order valence-electron chi connectivity index (χ2n) is 11.2. The monoisotopic (exact) mass is 631 g/mol. The second-order valence-corrected chi connectivity index (χ2v) is 11.2. The highest BCUT2D eigenvalue weighted by Gasteiger charge is 2.22. The van der Waals surface area contributed by atoms with E-state index in [4.69, 9.17) is 4.98 Å². The first-order valence-electron chi connectivity index (χ1n) is 15.3. The highest BCUT2D eigenvalue weighted by Crippen LogP contribution is 2.32. The zero-order chi connectivity index (χ0) is 32.5. The number of benzene rings is 4. The first-order chi connectivity index (χ1) is 22.3. The maximum atomic E-state index is 12.8. The van der Waals surface area contributed by atoms with Crippen molar-refractivity contribution in [1.82, 2.24) is 14.5 Å². The van der Waals surface area contributed by atoms with Crippen molar-refractivity contribution in [2.45, 2.75) is 66.1 Å². The van der Waals surface area contributed by atoms with E-state index >= 15 is 0 Å². The quantitative estimate of drug-likeness (QED) is 0.108. The largest absolute Gasteiger partial charge is 0.435 e. The molecule has 0 aliphatic carbocycles. The first kappa shape index (κ1) is 32.8. The van der Waals surface area contributed by atoms with Gasteiger partial charge in [-0.2, -0.15) is 17.6 Å². The highest BCUT2D eigenvalue weighted by molar-refractivity contribution is 5.69. The van der Waals surface area contributed by atoms with E-state index in [1.165, 1.54) is 24.3 Å². The van der Waals surface area contributed by atoms with Gasteiger partial charge in [0.1, 0.15) is 17.3 Å². The zero-order valence-electron chi connectivity index (χ0n) is 25.9. The van der Waals surface area contributed by atoms with Gasteiger partial charge in [-0.15, -0.1) is 0 Å². The van der Waals surface area contributed by atoms with Crippen LogP contribution in [0.2, 0.25) is 0 Å². The molecule has 0 bridgehead atoms. The molecule has 0 atom stereocenters. The van der Waals surface area contributed by atoms with E-state index in [2.05, 4.69) is 63.1 Å². The van der Waals surface area contributed by atoms with Crippen molar-refractivity contribution in [2.24, 2.45) is 0 Å². The standard InChI is InChI=1S/C37H37F4N3O2/c1-3-4-21-44-33(34(30-12-8-9-26(2)22-30)42-35(44)29-10-6-5-7-11-29)25-43(23-27-13-17-31(18-14-27)45-36(38)39)24-28-15-19-32(20-16-28)46-37(40)41/h5-20,22,36-37H,3-4,21,23-25H2,1-2H3. The van der Waals surface area contributed by atoms with Crippen LogP contribution in [0.1, 0.15) is 42.1 Å². The van der Waals surface area contributed by atoms with E-state index in [0.717, 1.165) is 64.4 Å². The number of aromatic nitrogens is 2. The predicted molar refractivity (Wildman–Crippen MR) is 172 cm³/mol. The summed E-state index contributed by atoms with van der Waals surface area (Å²) in [4.78, 5) is 7.49. The summed E-state index contributed by atoms with van der Waals surface area (Å²) in [5, 5.41) is 0. The lowest BCUT2D eigenvalue weighted by Crippen LogP contribution is -2.24. The molecule has 0 radical (unpaired) electrons. The molecule has 5 rings (SSSR count). The average Bonchev–Trinajstić information content (AvgIpc) is 3.39. The molecule has 0 aliphatic rings. The molecule has 0 saturated heterocycles. The third-order valence-electron chi connectivity index (χ3n) is 7.61. The Morgan fingerprint density at radius 3 is 1.78 bits per heavy atom. The van der Waals surface area contributed by atoms with Crippen LogP contribution < -0.4 is 9.47 Å². The fraction of sp³-hybridized carbons (Fsp3) is 0.270. The van der Waals surface area contributed by atoms with Crippen molar-refractivity contribution in [1.29, 1.82) is 0 Å². The number of unbranched alkanes of at least 4 members (excludes halogenated alkanes) is 1. The molecule has 1 heterocycles. The molecule has 0 unspecified atom stereocenters. The van der Waals surface area contributed by atoms with Gasteiger partial charge in [-0.3, -0.25) is 4.90 Å². The molecule has 0 aliphatic heterocycles. The summed E-state index contributed by atoms with van der Waals surface area (Å²) in [7, 11) is 0. The van der Waals surface area contributed by atoms with Crippen LogP contribution in [0.4, 0.5) is 17.6 Å². The van der Waals surface area contributed by atoms with E-state index < -0.39 is 13.2 Å². The van der Waals surface area contributed by atoms with Crippen LogP contribution in [0.25, 0.3) is 22.6 Å². The Morgan fingerprint density at radius 1 is 0.696 bits per heavy atom. The summed E-state index contributed by atoms with van der Waals surface area (Å²) >= 11 is 0. The van der Waals surface area contributed by atoms with Gasteiger partial charge in [0.2, 0.25) is 0 Å². The van der Waals surface area contributed by atoms with Gasteiger partial charge in [0, 0.05) is 37.3 Å². The van der Waals surface area contributed by atoms with Gasteiger partial charge in [-0.1, -0.05) is 91.7 Å². The topological polar surface area (TPSA) is 39.5 Å². The van der Waals surface area contributed by atoms with Crippen molar-refractivity contribution in [3.63, 3.8) is 0 Å². The van der Waals surface area contributed by atoms with Crippen molar-refractivity contribution >= 4 is 0 Å². The number of nitrogens with zero attached hydrogens (tertiary/aromatic N) is 3. The van der Waals surface area contributed by atoms with Crippen LogP contribution in [0.5, 0.6) is 11.5 Å². The van der Waals surface area contributed by atoms with E-state index in [-0.39, 0.29) is 11.5 Å². The summed E-state index contributed by atoms with van der Waals surface area (Å²) in [6.07, 6.45) is 1.98. The lowest BCUT2D eigenvalue weighted by atomic mass is 10.1. The van der Waals surface area contributed by atoms with E-state index in [0.29, 0.717) is 19.6 Å². The smallest absolute Gasteiger partial charge is 0.387 e. The summed E-state index contributed by atoms with van der Waals surface area (Å²) < 4.78 is 62.5. The van der Waals surface area contributed by atoms with Gasteiger partial charge in [0.15, 0.2) is 0 Å². The van der Waals surface area contributed by atoms with Gasteiger partial charge in [0.05, 0.1) is 11.4 Å². The van der Waals surface area contributed by atoms with Crippen LogP contribution in [-0.2, 0) is 26.2 Å². The second kappa shape index (κ2) is 15.6. The highest BCUT2D eigenvalue weighted by atomic mass is 19.3. The Hall–Kier alpha value is -4.63. The number of alkyl halides is 4. The molecule has 0 spiro atoms. The molecule has 4 aromatic carbocycles. The van der Waals surface area contributed by atoms with E-state index in [1.54, 1.807) is 24.3 Å². The Kier molecular flexibility index (Phi) is 11.1. The third kappa shape index (κ3) is 8.75. The van der Waals surface area contributed by atoms with Crippen LogP contribution in [0.15, 0.2) is 103 Å². The summed E-state index contributed by atoms with van der Waals surface area (Å²) in [5.41, 5.74) is 6.91. The normalized spacial score (nSPS) is 11.5. The fourth-order valence-corrected chi connectivity index (χ4v) is 5.48. The number of aryl methyl sites for hydroxylation is 1. The predicted octanol–water partition coefficient (Wildman–Crippen LogP) is 9.73. The summed E-state index contributed by atoms with van der Waals surface area (Å²) in [6, 6.07) is 31.7. The number of hydrogen-bond acceptors (Lipinski definition) is 4. The van der Waals surface area contributed by atoms with Crippen molar-refractivity contribution < 1.29 is 27.0 Å². The molecule has 5 nitrogen and oxygen atoms in total. The first-order valence-corrected chi connectivity index (χ1v) is 15.3. The number of imidazole rings is 1. The molecular weight excluding hydrogens is 594 g/mol. The molecule has 240 valence electrons. The van der Waals surface area contributed by atoms with Crippen molar-refractivity contribution in [3.05, 3.63) is 126 Å². The zero-order valence-corrected chi connectivity index (χ0v) is 25.9. The van der Waals surface area contributed by atoms with Crippen LogP contribution in [0, 0.1) is 6.92 Å². The maximum absolute atomic E-state index is 12.8. The minimum absolute atomic E-state index is 0.0896. The molecule has 46 heavy (non-hydrogen) atoms. The van der Waals surface area contributed by atoms with Crippen LogP contribution in [0.3, 0.4) is 0 Å². The van der Waals surface area contributed by atoms with Crippen molar-refractivity contribution in [2.75, 3.05) is 0 Å². The molecular formula is C37H37F4N3O2. The summed E-state index contributed by atoms with van der Waals surface area (Å²) in [5.74, 6) is 1.07. The molecule has 9 heteroatoms. The number of ether oxygens (including phenoxy) is 2. The third-order valence-corrected chi connectivity index (χ3v) is 7.61. The van der Waals surface area contributed by atoms with Gasteiger partial charge >= 0.3 is 13.2 Å². The van der Waals surface area contributed by atoms with Crippen LogP contribution in [-0.4, -0.2) is 27.7 Å². The van der Waals surface area contributed by atoms with Gasteiger partial charge in [-0.25, -0.2) is 4.98 Å². The Morgan fingerprint density at radius 2 is 1.26 bits per heavy atom. The van der Waals surface area contributed by atoms with Gasteiger partial charge < -0.3 is 14.0 Å². The lowest BCUT2D eigenvalue weighted by molar-refractivity contribution is -0.0505. The number of halogens is 4. The van der Waals surface area contributed by atoms with E-state index in [1.807, 2.05) is 24.3 Å². The number of rotatable bonds is 15. The molecule has 0 N–H and O–H groups in total. The Bertz CT molecular complexity index is 1620. The van der Waals surface area contributed by atoms with Gasteiger partial charge in [-0.05, 0) is 54.8 Å². The SMILES string of the molecule is CCCCn1c(-c2ccccc2)nc(-c2cccc(C)c2)c1CN(Cc1ccc(OC(F)F)cc1)Cc1ccc(OC(F)F)cc1. The molecule has 0 amide bonds. The Balaban J connectivity index is 1.57. The van der Waals surface area contributed by atoms with E-state index in [9.17, 15) is 17.6 Å². The molecule has 5 aromatic rings. The maximum Gasteiger partial charge on any atom is 0.387 e. The summed E-state index contributed by atoms with van der Waals surface area (Å²) in [6.45, 7) is 0.677. The molecule has 0 saturated carbocycles. The minimum atomic E-state index is -2.90. The van der Waals surface area contributed by atoms with Crippen molar-refractivity contribution in [3.8, 4) is 34.1 Å². The molecule has 0 fully saturated rings. The number of hydrogen-bond donors (Lipinski definition) is 0. The minimum Gasteiger partial charge on any atom is -0.435 e. The van der Waals surface area contributed by atoms with Crippen LogP contribution >= 0.6 is 0 Å². The molecule has 1 aromatic heterocycles. The van der Waals surface area contributed by atoms with Gasteiger partial charge in [0.25, 0.3) is 0 Å². The Labute approximate surface area is 267 Å². The lowest BCUT2D eigenvalue weighted by Gasteiger charge is -2.25. The fourth-order valence-electron chi connectivity index (χ4n) is 5.48.